The van der Waals surface area contributed by atoms with Crippen molar-refractivity contribution in [2.45, 2.75) is 32.1 Å². The zero-order valence-corrected chi connectivity index (χ0v) is 13.0. The predicted octanol–water partition coefficient (Wildman–Crippen LogP) is 2.55. The van der Waals surface area contributed by atoms with E-state index in [1.54, 1.807) is 5.01 Å². The third kappa shape index (κ3) is 3.43. The number of halogens is 3. The van der Waals surface area contributed by atoms with E-state index in [2.05, 4.69) is 16.6 Å². The molecule has 1 aliphatic rings. The second-order valence-corrected chi connectivity index (χ2v) is 5.77. The molecule has 0 radical (unpaired) electrons. The van der Waals surface area contributed by atoms with Crippen LogP contribution in [0.1, 0.15) is 29.8 Å². The first-order chi connectivity index (χ1) is 11.3. The molecule has 0 spiro atoms. The van der Waals surface area contributed by atoms with Gasteiger partial charge in [-0.05, 0) is 30.5 Å². The maximum Gasteiger partial charge on any atom is 0.435 e. The monoisotopic (exact) mass is 338 g/mol. The molecule has 0 fully saturated rings. The van der Waals surface area contributed by atoms with Crippen LogP contribution in [-0.2, 0) is 23.9 Å². The lowest BCUT2D eigenvalue weighted by Crippen LogP contribution is -2.47. The lowest BCUT2D eigenvalue weighted by molar-refractivity contribution is -0.142. The third-order valence-electron chi connectivity index (χ3n) is 4.07. The maximum absolute atomic E-state index is 12.6. The van der Waals surface area contributed by atoms with Gasteiger partial charge in [-0.15, -0.1) is 0 Å². The van der Waals surface area contributed by atoms with Gasteiger partial charge in [0.15, 0.2) is 5.69 Å². The average Bonchev–Trinajstić information content (AvgIpc) is 3.04. The summed E-state index contributed by atoms with van der Waals surface area (Å²) in [5, 5.41) is 5.22. The van der Waals surface area contributed by atoms with Crippen LogP contribution in [0.25, 0.3) is 0 Å². The average molecular weight is 338 g/mol. The first-order valence-corrected chi connectivity index (χ1v) is 7.59. The molecular formula is C16H17F3N4O. The molecule has 5 nitrogen and oxygen atoms in total. The number of rotatable bonds is 3. The summed E-state index contributed by atoms with van der Waals surface area (Å²) in [5.41, 5.74) is 4.14. The fraction of sp³-hybridized carbons (Fsp3) is 0.375. The molecule has 24 heavy (non-hydrogen) atoms. The number of hydrazine groups is 1. The Labute approximate surface area is 137 Å². The molecule has 128 valence electrons. The van der Waals surface area contributed by atoms with Crippen molar-refractivity contribution in [3.8, 4) is 0 Å². The minimum atomic E-state index is -4.52. The van der Waals surface area contributed by atoms with Crippen LogP contribution in [0.15, 0.2) is 36.5 Å². The third-order valence-corrected chi connectivity index (χ3v) is 4.07. The van der Waals surface area contributed by atoms with E-state index >= 15 is 0 Å². The molecule has 1 aliphatic heterocycles. The Morgan fingerprint density at radius 1 is 1.25 bits per heavy atom. The van der Waals surface area contributed by atoms with Crippen LogP contribution in [0.4, 0.5) is 13.2 Å². The molecule has 2 aromatic rings. The largest absolute Gasteiger partial charge is 0.435 e. The van der Waals surface area contributed by atoms with Crippen molar-refractivity contribution in [3.05, 3.63) is 53.3 Å². The Kier molecular flexibility index (Phi) is 4.31. The standard InChI is InChI=1S/C16H17F3N4O/c1-11(23-9-7-14(20-23)16(17,18)19)15(24)21-22-8-6-12-4-2-3-5-13(12)10-22/h2-5,7,9,11H,6,8,10H2,1H3,(H,21,24). The van der Waals surface area contributed by atoms with E-state index in [1.165, 1.54) is 18.7 Å². The molecule has 0 saturated carbocycles. The summed E-state index contributed by atoms with van der Waals surface area (Å²) in [5.74, 6) is -0.397. The lowest BCUT2D eigenvalue weighted by atomic mass is 10.0. The van der Waals surface area contributed by atoms with E-state index in [1.807, 2.05) is 18.2 Å². The number of nitrogens with zero attached hydrogens (tertiary/aromatic N) is 3. The predicted molar refractivity (Wildman–Crippen MR) is 80.6 cm³/mol. The fourth-order valence-electron chi connectivity index (χ4n) is 2.67. The lowest BCUT2D eigenvalue weighted by Gasteiger charge is -2.29. The minimum Gasteiger partial charge on any atom is -0.287 e. The van der Waals surface area contributed by atoms with Crippen molar-refractivity contribution in [3.63, 3.8) is 0 Å². The number of hydrogen-bond donors (Lipinski definition) is 1. The zero-order valence-electron chi connectivity index (χ0n) is 13.0. The molecule has 1 aromatic heterocycles. The van der Waals surface area contributed by atoms with Crippen molar-refractivity contribution >= 4 is 5.91 Å². The summed E-state index contributed by atoms with van der Waals surface area (Å²) in [6.45, 7) is 2.74. The summed E-state index contributed by atoms with van der Waals surface area (Å²) < 4.78 is 38.8. The summed E-state index contributed by atoms with van der Waals surface area (Å²) >= 11 is 0. The van der Waals surface area contributed by atoms with E-state index in [-0.39, 0.29) is 0 Å². The van der Waals surface area contributed by atoms with Crippen LogP contribution in [-0.4, -0.2) is 27.2 Å². The number of carbonyl (C=O) groups is 1. The molecule has 0 bridgehead atoms. The van der Waals surface area contributed by atoms with E-state index in [0.717, 1.165) is 22.7 Å². The molecule has 3 rings (SSSR count). The molecule has 1 N–H and O–H groups in total. The Bertz CT molecular complexity index is 741. The number of nitrogens with one attached hydrogen (secondary N) is 1. The molecule has 8 heteroatoms. The van der Waals surface area contributed by atoms with Crippen molar-refractivity contribution < 1.29 is 18.0 Å². The van der Waals surface area contributed by atoms with Gasteiger partial charge in [0.2, 0.25) is 0 Å². The van der Waals surface area contributed by atoms with Crippen LogP contribution < -0.4 is 5.43 Å². The number of alkyl halides is 3. The molecule has 1 aromatic carbocycles. The van der Waals surface area contributed by atoms with Gasteiger partial charge in [-0.1, -0.05) is 24.3 Å². The smallest absolute Gasteiger partial charge is 0.287 e. The van der Waals surface area contributed by atoms with E-state index in [4.69, 9.17) is 0 Å². The van der Waals surface area contributed by atoms with Gasteiger partial charge >= 0.3 is 6.18 Å². The topological polar surface area (TPSA) is 50.2 Å². The quantitative estimate of drug-likeness (QED) is 0.936. The Morgan fingerprint density at radius 3 is 2.62 bits per heavy atom. The van der Waals surface area contributed by atoms with Crippen LogP contribution in [0.5, 0.6) is 0 Å². The summed E-state index contributed by atoms with van der Waals surface area (Å²) in [6.07, 6.45) is -2.54. The van der Waals surface area contributed by atoms with Crippen LogP contribution >= 0.6 is 0 Å². The molecule has 0 aliphatic carbocycles. The Balaban J connectivity index is 1.64. The number of hydrogen-bond acceptors (Lipinski definition) is 3. The van der Waals surface area contributed by atoms with Gasteiger partial charge in [-0.2, -0.15) is 18.3 Å². The first-order valence-electron chi connectivity index (χ1n) is 7.59. The Hall–Kier alpha value is -2.35. The number of benzene rings is 1. The van der Waals surface area contributed by atoms with Crippen LogP contribution in [0.3, 0.4) is 0 Å². The van der Waals surface area contributed by atoms with E-state index in [0.29, 0.717) is 13.1 Å². The van der Waals surface area contributed by atoms with Gasteiger partial charge in [-0.3, -0.25) is 14.9 Å². The maximum atomic E-state index is 12.6. The zero-order chi connectivity index (χ0) is 17.3. The van der Waals surface area contributed by atoms with Gasteiger partial charge in [0.25, 0.3) is 5.91 Å². The van der Waals surface area contributed by atoms with Crippen LogP contribution in [0.2, 0.25) is 0 Å². The highest BCUT2D eigenvalue weighted by atomic mass is 19.4. The second kappa shape index (κ2) is 6.27. The minimum absolute atomic E-state index is 0.397. The molecule has 2 heterocycles. The van der Waals surface area contributed by atoms with Gasteiger partial charge < -0.3 is 0 Å². The van der Waals surface area contributed by atoms with Crippen molar-refractivity contribution in [2.24, 2.45) is 0 Å². The van der Waals surface area contributed by atoms with Gasteiger partial charge in [0, 0.05) is 19.3 Å². The number of amides is 1. The summed E-state index contributed by atoms with van der Waals surface area (Å²) in [4.78, 5) is 12.3. The van der Waals surface area contributed by atoms with Crippen LogP contribution in [0, 0.1) is 0 Å². The SMILES string of the molecule is CC(C(=O)NN1CCc2ccccc2C1)n1ccc(C(F)(F)F)n1. The number of aromatic nitrogens is 2. The van der Waals surface area contributed by atoms with E-state index < -0.39 is 23.8 Å². The van der Waals surface area contributed by atoms with Gasteiger partial charge in [-0.25, -0.2) is 5.01 Å². The molecule has 0 saturated heterocycles. The van der Waals surface area contributed by atoms with Gasteiger partial charge in [0.05, 0.1) is 0 Å². The van der Waals surface area contributed by atoms with Crippen molar-refractivity contribution in [1.29, 1.82) is 0 Å². The van der Waals surface area contributed by atoms with Crippen molar-refractivity contribution in [1.82, 2.24) is 20.2 Å². The molecule has 1 amide bonds. The van der Waals surface area contributed by atoms with Gasteiger partial charge in [0.1, 0.15) is 6.04 Å². The fourth-order valence-corrected chi connectivity index (χ4v) is 2.67. The summed E-state index contributed by atoms with van der Waals surface area (Å²) in [6, 6.07) is 8.00. The summed E-state index contributed by atoms with van der Waals surface area (Å²) in [7, 11) is 0. The highest BCUT2D eigenvalue weighted by Crippen LogP contribution is 2.27. The number of fused-ring (bicyclic) bond motifs is 1. The number of carbonyl (C=O) groups excluding carboxylic acids is 1. The Morgan fingerprint density at radius 2 is 1.96 bits per heavy atom. The molecule has 1 atom stereocenters. The molecular weight excluding hydrogens is 321 g/mol. The highest BCUT2D eigenvalue weighted by Gasteiger charge is 2.34. The van der Waals surface area contributed by atoms with E-state index in [9.17, 15) is 18.0 Å². The normalized spacial score (nSPS) is 16.5. The second-order valence-electron chi connectivity index (χ2n) is 5.77. The first kappa shape index (κ1) is 16.5. The molecule has 1 unspecified atom stereocenters. The highest BCUT2D eigenvalue weighted by molar-refractivity contribution is 5.79. The van der Waals surface area contributed by atoms with Crippen molar-refractivity contribution in [2.75, 3.05) is 6.54 Å².